The Morgan fingerprint density at radius 3 is 2.08 bits per heavy atom. The van der Waals surface area contributed by atoms with Crippen LogP contribution < -0.4 is 0 Å². The van der Waals surface area contributed by atoms with Gasteiger partial charge in [-0.3, -0.25) is 0 Å². The van der Waals surface area contributed by atoms with E-state index in [-0.39, 0.29) is 0 Å². The molecule has 0 N–H and O–H groups in total. The molecule has 0 amide bonds. The molecule has 39 heavy (non-hydrogen) atoms. The van der Waals surface area contributed by atoms with Crippen molar-refractivity contribution >= 4 is 22.4 Å². The van der Waals surface area contributed by atoms with E-state index in [2.05, 4.69) is 156 Å². The molecule has 0 heteroatoms. The van der Waals surface area contributed by atoms with Gasteiger partial charge in [-0.15, -0.1) is 0 Å². The van der Waals surface area contributed by atoms with Crippen LogP contribution in [-0.4, -0.2) is 0 Å². The van der Waals surface area contributed by atoms with Crippen molar-refractivity contribution in [3.05, 3.63) is 156 Å². The Labute approximate surface area is 234 Å². The third-order valence-electron chi connectivity index (χ3n) is 6.89. The largest absolute Gasteiger partial charge is 0.0984 e. The minimum Gasteiger partial charge on any atom is -0.0984 e. The lowest BCUT2D eigenvalue weighted by Gasteiger charge is -2.16. The van der Waals surface area contributed by atoms with Gasteiger partial charge in [0.1, 0.15) is 0 Å². The van der Waals surface area contributed by atoms with Crippen LogP contribution in [-0.2, 0) is 0 Å². The van der Waals surface area contributed by atoms with Crippen LogP contribution in [0.15, 0.2) is 145 Å². The second kappa shape index (κ2) is 12.9. The summed E-state index contributed by atoms with van der Waals surface area (Å²) in [5, 5.41) is 2.48. The molecule has 194 valence electrons. The summed E-state index contributed by atoms with van der Waals surface area (Å²) in [6.07, 6.45) is 14.9. The number of rotatable bonds is 8. The van der Waals surface area contributed by atoms with E-state index in [0.29, 0.717) is 0 Å². The third kappa shape index (κ3) is 6.72. The topological polar surface area (TPSA) is 0 Å². The summed E-state index contributed by atoms with van der Waals surface area (Å²) < 4.78 is 0. The van der Waals surface area contributed by atoms with E-state index in [0.717, 1.165) is 5.57 Å². The predicted octanol–water partition coefficient (Wildman–Crippen LogP) is 11.6. The molecule has 0 aliphatic carbocycles. The molecule has 0 unspecified atom stereocenters. The Kier molecular flexibility index (Phi) is 9.13. The summed E-state index contributed by atoms with van der Waals surface area (Å²) in [6, 6.07) is 30.9. The highest BCUT2D eigenvalue weighted by Gasteiger charge is 2.12. The highest BCUT2D eigenvalue weighted by molar-refractivity contribution is 5.92. The van der Waals surface area contributed by atoms with Crippen LogP contribution in [0.1, 0.15) is 45.7 Å². The molecule has 0 atom stereocenters. The molecule has 0 spiro atoms. The molecule has 0 aliphatic heterocycles. The Balaban J connectivity index is 1.78. The van der Waals surface area contributed by atoms with Gasteiger partial charge in [0.05, 0.1) is 0 Å². The fourth-order valence-electron chi connectivity index (χ4n) is 4.99. The first-order valence-electron chi connectivity index (χ1n) is 13.6. The van der Waals surface area contributed by atoms with Crippen LogP contribution in [0, 0.1) is 0 Å². The van der Waals surface area contributed by atoms with Crippen LogP contribution in [0.4, 0.5) is 0 Å². The van der Waals surface area contributed by atoms with Crippen LogP contribution >= 0.6 is 0 Å². The molecule has 0 fully saturated rings. The molecule has 0 heterocycles. The standard InChI is InChI=1S/C39H38/c1-7-13-30(8-2)16-17-31-18-19-34-26-35(21-20-33(34)25-31)36-22-23-38(37(9-3)29(6)24-28(4)5)39(27-36)32-14-11-10-12-15-32/h7-27H,3H2,1-2,4-6H3/b13-7-,17-16+,30-8+,37-29+. The van der Waals surface area contributed by atoms with Crippen molar-refractivity contribution in [2.45, 2.75) is 34.6 Å². The molecule has 4 aromatic rings. The lowest BCUT2D eigenvalue weighted by molar-refractivity contribution is 1.35. The van der Waals surface area contributed by atoms with E-state index >= 15 is 0 Å². The third-order valence-corrected chi connectivity index (χ3v) is 6.89. The van der Waals surface area contributed by atoms with Crippen LogP contribution in [0.25, 0.3) is 44.7 Å². The quantitative estimate of drug-likeness (QED) is 0.208. The van der Waals surface area contributed by atoms with Crippen molar-refractivity contribution in [3.8, 4) is 22.3 Å². The highest BCUT2D eigenvalue weighted by atomic mass is 14.2. The van der Waals surface area contributed by atoms with E-state index < -0.39 is 0 Å². The Hall–Kier alpha value is -4.42. The van der Waals surface area contributed by atoms with E-state index in [4.69, 9.17) is 0 Å². The molecule has 0 radical (unpaired) electrons. The van der Waals surface area contributed by atoms with Crippen LogP contribution in [0.5, 0.6) is 0 Å². The monoisotopic (exact) mass is 506 g/mol. The zero-order valence-corrected chi connectivity index (χ0v) is 23.8. The molecule has 0 aromatic heterocycles. The number of hydrogen-bond donors (Lipinski definition) is 0. The number of allylic oxidation sites excluding steroid dienone is 10. The zero-order valence-electron chi connectivity index (χ0n) is 23.8. The normalized spacial score (nSPS) is 12.7. The molecular formula is C39H38. The molecule has 0 aliphatic rings. The summed E-state index contributed by atoms with van der Waals surface area (Å²) in [5.41, 5.74) is 12.1. The number of hydrogen-bond acceptors (Lipinski definition) is 0. The average molecular weight is 507 g/mol. The Morgan fingerprint density at radius 2 is 1.38 bits per heavy atom. The fraction of sp³-hybridized carbons (Fsp3) is 0.128. The molecular weight excluding hydrogens is 468 g/mol. The summed E-state index contributed by atoms with van der Waals surface area (Å²) in [6.45, 7) is 14.7. The van der Waals surface area contributed by atoms with Gasteiger partial charge in [-0.05, 0) is 114 Å². The summed E-state index contributed by atoms with van der Waals surface area (Å²) in [4.78, 5) is 0. The summed E-state index contributed by atoms with van der Waals surface area (Å²) >= 11 is 0. The highest BCUT2D eigenvalue weighted by Crippen LogP contribution is 2.36. The maximum atomic E-state index is 4.16. The van der Waals surface area contributed by atoms with E-state index in [1.807, 2.05) is 13.0 Å². The van der Waals surface area contributed by atoms with Crippen LogP contribution in [0.3, 0.4) is 0 Å². The molecule has 4 aromatic carbocycles. The van der Waals surface area contributed by atoms with Crippen molar-refractivity contribution < 1.29 is 0 Å². The molecule has 0 nitrogen and oxygen atoms in total. The van der Waals surface area contributed by atoms with Gasteiger partial charge < -0.3 is 0 Å². The van der Waals surface area contributed by atoms with Crippen molar-refractivity contribution in [1.82, 2.24) is 0 Å². The summed E-state index contributed by atoms with van der Waals surface area (Å²) in [7, 11) is 0. The fourth-order valence-corrected chi connectivity index (χ4v) is 4.99. The van der Waals surface area contributed by atoms with Gasteiger partial charge in [-0.25, -0.2) is 0 Å². The first kappa shape index (κ1) is 27.6. The van der Waals surface area contributed by atoms with Gasteiger partial charge in [-0.2, -0.15) is 0 Å². The van der Waals surface area contributed by atoms with E-state index in [1.54, 1.807) is 0 Å². The van der Waals surface area contributed by atoms with Gasteiger partial charge in [0.2, 0.25) is 0 Å². The molecule has 4 rings (SSSR count). The zero-order chi connectivity index (χ0) is 27.8. The van der Waals surface area contributed by atoms with Crippen molar-refractivity contribution in [3.63, 3.8) is 0 Å². The Bertz CT molecular complexity index is 1630. The van der Waals surface area contributed by atoms with Crippen LogP contribution in [0.2, 0.25) is 0 Å². The lowest BCUT2D eigenvalue weighted by atomic mass is 9.88. The van der Waals surface area contributed by atoms with E-state index in [1.165, 1.54) is 60.9 Å². The number of fused-ring (bicyclic) bond motifs is 1. The molecule has 0 bridgehead atoms. The van der Waals surface area contributed by atoms with Crippen molar-refractivity contribution in [2.24, 2.45) is 0 Å². The lowest BCUT2D eigenvalue weighted by Crippen LogP contribution is -1.92. The molecule has 0 saturated heterocycles. The smallest absolute Gasteiger partial charge is 0.00991 e. The minimum absolute atomic E-state index is 1.16. The average Bonchev–Trinajstić information content (AvgIpc) is 2.95. The van der Waals surface area contributed by atoms with E-state index in [9.17, 15) is 0 Å². The van der Waals surface area contributed by atoms with Crippen molar-refractivity contribution in [2.75, 3.05) is 0 Å². The van der Waals surface area contributed by atoms with Gasteiger partial charge >= 0.3 is 0 Å². The first-order valence-corrected chi connectivity index (χ1v) is 13.6. The first-order chi connectivity index (χ1) is 18.9. The maximum Gasteiger partial charge on any atom is -0.00991 e. The predicted molar refractivity (Wildman–Crippen MR) is 175 cm³/mol. The van der Waals surface area contributed by atoms with Gasteiger partial charge in [0.25, 0.3) is 0 Å². The SMILES string of the molecule is C=C/C(=C(/C)C=C(C)C)c1ccc(-c2ccc3cc(/C=C/C(/C=C\C)=C/C)ccc3c2)cc1-c1ccccc1. The second-order valence-corrected chi connectivity index (χ2v) is 10.1. The number of benzene rings is 4. The van der Waals surface area contributed by atoms with Gasteiger partial charge in [0.15, 0.2) is 0 Å². The van der Waals surface area contributed by atoms with Gasteiger partial charge in [-0.1, -0.05) is 121 Å². The Morgan fingerprint density at radius 1 is 0.692 bits per heavy atom. The summed E-state index contributed by atoms with van der Waals surface area (Å²) in [5.74, 6) is 0. The maximum absolute atomic E-state index is 4.16. The molecule has 0 saturated carbocycles. The van der Waals surface area contributed by atoms with Gasteiger partial charge in [0, 0.05) is 0 Å². The minimum atomic E-state index is 1.16. The van der Waals surface area contributed by atoms with Crippen molar-refractivity contribution in [1.29, 1.82) is 0 Å². The second-order valence-electron chi connectivity index (χ2n) is 10.1.